The minimum absolute atomic E-state index is 0.681. The van der Waals surface area contributed by atoms with E-state index < -0.39 is 0 Å². The lowest BCUT2D eigenvalue weighted by Crippen LogP contribution is -2.12. The van der Waals surface area contributed by atoms with Gasteiger partial charge >= 0.3 is 0 Å². The first-order valence-corrected chi connectivity index (χ1v) is 7.76. The van der Waals surface area contributed by atoms with Crippen LogP contribution < -0.4 is 5.32 Å². The minimum atomic E-state index is 0.681. The van der Waals surface area contributed by atoms with Gasteiger partial charge in [0.2, 0.25) is 5.13 Å². The predicted octanol–water partition coefficient (Wildman–Crippen LogP) is 3.80. The van der Waals surface area contributed by atoms with E-state index in [-0.39, 0.29) is 0 Å². The Hall–Kier alpha value is -0.640. The zero-order chi connectivity index (χ0) is 11.5. The Labute approximate surface area is 107 Å². The monoisotopic (exact) mass is 251 g/mol. The quantitative estimate of drug-likeness (QED) is 0.865. The number of nitrogens with one attached hydrogen (secondary N) is 1. The number of hydrogen-bond acceptors (Lipinski definition) is 4. The second-order valence-corrected chi connectivity index (χ2v) is 6.20. The zero-order valence-electron chi connectivity index (χ0n) is 10.3. The molecule has 0 amide bonds. The molecular formula is C13H21N3S. The van der Waals surface area contributed by atoms with Gasteiger partial charge in [-0.1, -0.05) is 32.1 Å². The second kappa shape index (κ2) is 5.34. The topological polar surface area (TPSA) is 37.8 Å². The molecule has 2 fully saturated rings. The van der Waals surface area contributed by atoms with Gasteiger partial charge in [-0.2, -0.15) is 4.37 Å². The van der Waals surface area contributed by atoms with Crippen molar-refractivity contribution in [1.29, 1.82) is 0 Å². The van der Waals surface area contributed by atoms with E-state index in [1.807, 2.05) is 0 Å². The van der Waals surface area contributed by atoms with Crippen LogP contribution in [0.25, 0.3) is 0 Å². The number of anilines is 1. The second-order valence-electron chi connectivity index (χ2n) is 5.45. The average Bonchev–Trinajstić information content (AvgIpc) is 3.11. The molecule has 3 nitrogen and oxygen atoms in total. The summed E-state index contributed by atoms with van der Waals surface area (Å²) in [6.45, 7) is 1.07. The third kappa shape index (κ3) is 3.18. The Morgan fingerprint density at radius 3 is 2.71 bits per heavy atom. The summed E-state index contributed by atoms with van der Waals surface area (Å²) < 4.78 is 4.41. The van der Waals surface area contributed by atoms with E-state index in [4.69, 9.17) is 0 Å². The normalized spacial score (nSPS) is 21.6. The van der Waals surface area contributed by atoms with E-state index in [1.54, 1.807) is 0 Å². The molecule has 2 aliphatic carbocycles. The molecule has 1 N–H and O–H groups in total. The Kier molecular flexibility index (Phi) is 3.60. The van der Waals surface area contributed by atoms with Crippen molar-refractivity contribution in [2.24, 2.45) is 5.92 Å². The molecule has 0 atom stereocenters. The number of hydrogen-bond donors (Lipinski definition) is 1. The summed E-state index contributed by atoms with van der Waals surface area (Å²) in [5.41, 5.74) is 0. The molecule has 0 saturated heterocycles. The van der Waals surface area contributed by atoms with Gasteiger partial charge in [0.15, 0.2) is 0 Å². The molecule has 4 heteroatoms. The lowest BCUT2D eigenvalue weighted by molar-refractivity contribution is 0.345. The van der Waals surface area contributed by atoms with Gasteiger partial charge in [-0.15, -0.1) is 0 Å². The van der Waals surface area contributed by atoms with Crippen LogP contribution in [0.15, 0.2) is 0 Å². The maximum absolute atomic E-state index is 4.55. The maximum Gasteiger partial charge on any atom is 0.202 e. The molecule has 0 aromatic carbocycles. The summed E-state index contributed by atoms with van der Waals surface area (Å²) in [5.74, 6) is 2.71. The van der Waals surface area contributed by atoms with Crippen molar-refractivity contribution in [3.05, 3.63) is 5.82 Å². The van der Waals surface area contributed by atoms with Gasteiger partial charge in [-0.05, 0) is 25.2 Å². The number of rotatable bonds is 5. The highest BCUT2D eigenvalue weighted by Gasteiger charge is 2.27. The van der Waals surface area contributed by atoms with Crippen LogP contribution in [0.2, 0.25) is 0 Å². The van der Waals surface area contributed by atoms with Gasteiger partial charge < -0.3 is 5.32 Å². The highest BCUT2D eigenvalue weighted by Crippen LogP contribution is 2.39. The fourth-order valence-corrected chi connectivity index (χ4v) is 3.34. The molecular weight excluding hydrogens is 230 g/mol. The fraction of sp³-hybridized carbons (Fsp3) is 0.846. The maximum atomic E-state index is 4.55. The molecule has 0 bridgehead atoms. The van der Waals surface area contributed by atoms with E-state index in [0.717, 1.165) is 23.4 Å². The van der Waals surface area contributed by atoms with Gasteiger partial charge in [0.25, 0.3) is 0 Å². The van der Waals surface area contributed by atoms with Gasteiger partial charge in [0, 0.05) is 24.0 Å². The Morgan fingerprint density at radius 2 is 1.94 bits per heavy atom. The Bertz CT molecular complexity index is 353. The lowest BCUT2D eigenvalue weighted by atomic mass is 9.87. The summed E-state index contributed by atoms with van der Waals surface area (Å²) in [4.78, 5) is 4.55. The molecule has 17 heavy (non-hydrogen) atoms. The first kappa shape index (κ1) is 11.5. The van der Waals surface area contributed by atoms with E-state index in [2.05, 4.69) is 14.7 Å². The van der Waals surface area contributed by atoms with Crippen molar-refractivity contribution in [2.45, 2.75) is 57.3 Å². The van der Waals surface area contributed by atoms with E-state index in [1.165, 1.54) is 62.9 Å². The van der Waals surface area contributed by atoms with Gasteiger partial charge in [0.1, 0.15) is 5.82 Å². The zero-order valence-corrected chi connectivity index (χ0v) is 11.1. The Morgan fingerprint density at radius 1 is 1.12 bits per heavy atom. The van der Waals surface area contributed by atoms with Crippen molar-refractivity contribution in [3.8, 4) is 0 Å². The van der Waals surface area contributed by atoms with E-state index >= 15 is 0 Å². The van der Waals surface area contributed by atoms with Crippen LogP contribution in [0.1, 0.15) is 63.1 Å². The minimum Gasteiger partial charge on any atom is -0.360 e. The van der Waals surface area contributed by atoms with E-state index in [9.17, 15) is 0 Å². The Balaban J connectivity index is 1.40. The van der Waals surface area contributed by atoms with Crippen LogP contribution in [-0.4, -0.2) is 15.9 Å². The molecule has 94 valence electrons. The van der Waals surface area contributed by atoms with Gasteiger partial charge in [0.05, 0.1) is 0 Å². The van der Waals surface area contributed by atoms with Crippen molar-refractivity contribution in [3.63, 3.8) is 0 Å². The average molecular weight is 251 g/mol. The summed E-state index contributed by atoms with van der Waals surface area (Å²) in [5, 5.41) is 4.47. The van der Waals surface area contributed by atoms with Crippen molar-refractivity contribution < 1.29 is 0 Å². The molecule has 2 aliphatic rings. The summed E-state index contributed by atoms with van der Waals surface area (Å²) >= 11 is 1.53. The molecule has 0 radical (unpaired) electrons. The van der Waals surface area contributed by atoms with Crippen LogP contribution in [-0.2, 0) is 0 Å². The molecule has 1 aromatic rings. The molecule has 1 aromatic heterocycles. The van der Waals surface area contributed by atoms with Crippen LogP contribution in [0, 0.1) is 5.92 Å². The number of aromatic nitrogens is 2. The van der Waals surface area contributed by atoms with Crippen molar-refractivity contribution >= 4 is 16.7 Å². The molecule has 3 rings (SSSR count). The molecule has 0 aliphatic heterocycles. The lowest BCUT2D eigenvalue weighted by Gasteiger charge is -2.21. The standard InChI is InChI=1S/C13H21N3S/c1-2-4-10(5-3-1)8-9-14-13-15-12(16-17-13)11-6-7-11/h10-11H,1-9H2,(H,14,15,16). The molecule has 2 saturated carbocycles. The largest absolute Gasteiger partial charge is 0.360 e. The van der Waals surface area contributed by atoms with Crippen LogP contribution in [0.3, 0.4) is 0 Å². The van der Waals surface area contributed by atoms with Crippen molar-refractivity contribution in [1.82, 2.24) is 9.36 Å². The summed E-state index contributed by atoms with van der Waals surface area (Å²) in [6.07, 6.45) is 11.1. The number of nitrogens with zero attached hydrogens (tertiary/aromatic N) is 2. The van der Waals surface area contributed by atoms with Crippen LogP contribution in [0.4, 0.5) is 5.13 Å². The fourth-order valence-electron chi connectivity index (χ4n) is 2.67. The van der Waals surface area contributed by atoms with Crippen LogP contribution >= 0.6 is 11.5 Å². The molecule has 1 heterocycles. The third-order valence-corrected chi connectivity index (χ3v) is 4.62. The molecule has 0 spiro atoms. The smallest absolute Gasteiger partial charge is 0.202 e. The van der Waals surface area contributed by atoms with E-state index in [0.29, 0.717) is 5.92 Å². The molecule has 0 unspecified atom stereocenters. The van der Waals surface area contributed by atoms with Gasteiger partial charge in [-0.3, -0.25) is 0 Å². The first-order chi connectivity index (χ1) is 8.42. The highest BCUT2D eigenvalue weighted by molar-refractivity contribution is 7.09. The first-order valence-electron chi connectivity index (χ1n) is 6.99. The summed E-state index contributed by atoms with van der Waals surface area (Å²) in [6, 6.07) is 0. The SMILES string of the molecule is C1CCC(CCNc2nc(C3CC3)ns2)CC1. The summed E-state index contributed by atoms with van der Waals surface area (Å²) in [7, 11) is 0. The van der Waals surface area contributed by atoms with Crippen molar-refractivity contribution in [2.75, 3.05) is 11.9 Å². The van der Waals surface area contributed by atoms with Gasteiger partial charge in [-0.25, -0.2) is 4.98 Å². The third-order valence-electron chi connectivity index (χ3n) is 3.94. The predicted molar refractivity (Wildman–Crippen MR) is 71.6 cm³/mol. The highest BCUT2D eigenvalue weighted by atomic mass is 32.1. The van der Waals surface area contributed by atoms with Crippen LogP contribution in [0.5, 0.6) is 0 Å².